The quantitative estimate of drug-likeness (QED) is 0.822. The molecule has 1 aromatic rings. The average molecular weight is 347 g/mol. The Morgan fingerprint density at radius 2 is 1.91 bits per heavy atom. The fourth-order valence-corrected chi connectivity index (χ4v) is 3.30. The zero-order chi connectivity index (χ0) is 16.3. The summed E-state index contributed by atoms with van der Waals surface area (Å²) in [4.78, 5) is 14.0. The van der Waals surface area contributed by atoms with Crippen molar-refractivity contribution < 1.29 is 17.9 Å². The van der Waals surface area contributed by atoms with Crippen LogP contribution in [0.1, 0.15) is 6.92 Å². The molecule has 1 atom stereocenters. The van der Waals surface area contributed by atoms with Crippen LogP contribution in [0.2, 0.25) is 5.02 Å². The molecule has 0 bridgehead atoms. The summed E-state index contributed by atoms with van der Waals surface area (Å²) in [5.74, 6) is 0.372. The molecule has 1 aliphatic rings. The molecule has 1 aliphatic heterocycles. The third-order valence-corrected chi connectivity index (χ3v) is 5.01. The third-order valence-electron chi connectivity index (χ3n) is 3.48. The monoisotopic (exact) mass is 346 g/mol. The normalized spacial score (nSPS) is 18.0. The van der Waals surface area contributed by atoms with Crippen LogP contribution in [0.5, 0.6) is 5.75 Å². The fourth-order valence-electron chi connectivity index (χ4n) is 2.29. The number of carbonyl (C=O) groups excluding carboxylic acids is 1. The average Bonchev–Trinajstić information content (AvgIpc) is 2.45. The zero-order valence-corrected chi connectivity index (χ0v) is 14.1. The lowest BCUT2D eigenvalue weighted by molar-refractivity contribution is -0.139. The topological polar surface area (TPSA) is 66.9 Å². The third kappa shape index (κ3) is 4.34. The summed E-state index contributed by atoms with van der Waals surface area (Å²) in [6.45, 7) is 3.04. The van der Waals surface area contributed by atoms with Gasteiger partial charge in [0.15, 0.2) is 6.10 Å². The molecule has 0 N–H and O–H groups in total. The Hall–Kier alpha value is -1.31. The maximum Gasteiger partial charge on any atom is 0.263 e. The van der Waals surface area contributed by atoms with E-state index in [2.05, 4.69) is 0 Å². The van der Waals surface area contributed by atoms with E-state index in [0.717, 1.165) is 0 Å². The molecular weight excluding hydrogens is 328 g/mol. The van der Waals surface area contributed by atoms with Crippen molar-refractivity contribution in [1.29, 1.82) is 0 Å². The lowest BCUT2D eigenvalue weighted by atomic mass is 10.2. The van der Waals surface area contributed by atoms with Crippen LogP contribution in [-0.2, 0) is 14.8 Å². The first kappa shape index (κ1) is 17.1. The maximum atomic E-state index is 12.3. The van der Waals surface area contributed by atoms with E-state index >= 15 is 0 Å². The van der Waals surface area contributed by atoms with Gasteiger partial charge in [-0.1, -0.05) is 17.7 Å². The summed E-state index contributed by atoms with van der Waals surface area (Å²) in [5.41, 5.74) is 0. The van der Waals surface area contributed by atoms with Crippen LogP contribution in [0, 0.1) is 0 Å². The van der Waals surface area contributed by atoms with Gasteiger partial charge in [0.1, 0.15) is 5.75 Å². The van der Waals surface area contributed by atoms with Crippen molar-refractivity contribution in [2.45, 2.75) is 13.0 Å². The molecule has 1 amide bonds. The highest BCUT2D eigenvalue weighted by Crippen LogP contribution is 2.19. The van der Waals surface area contributed by atoms with Crippen LogP contribution >= 0.6 is 11.6 Å². The number of sulfonamides is 1. The lowest BCUT2D eigenvalue weighted by Crippen LogP contribution is -2.53. The Morgan fingerprint density at radius 3 is 2.45 bits per heavy atom. The van der Waals surface area contributed by atoms with E-state index in [1.807, 2.05) is 0 Å². The smallest absolute Gasteiger partial charge is 0.263 e. The van der Waals surface area contributed by atoms with Crippen LogP contribution in [0.3, 0.4) is 0 Å². The predicted molar refractivity (Wildman–Crippen MR) is 84.5 cm³/mol. The van der Waals surface area contributed by atoms with Crippen LogP contribution in [-0.4, -0.2) is 62.1 Å². The fraction of sp³-hybridized carbons (Fsp3) is 0.500. The predicted octanol–water partition coefficient (Wildman–Crippen LogP) is 1.21. The number of carbonyl (C=O) groups is 1. The molecule has 122 valence electrons. The van der Waals surface area contributed by atoms with Gasteiger partial charge in [0, 0.05) is 31.2 Å². The Balaban J connectivity index is 1.92. The Kier molecular flexibility index (Phi) is 5.31. The van der Waals surface area contributed by atoms with Crippen LogP contribution in [0.25, 0.3) is 0 Å². The van der Waals surface area contributed by atoms with E-state index in [4.69, 9.17) is 16.3 Å². The molecule has 0 radical (unpaired) electrons. The number of rotatable bonds is 4. The molecule has 1 heterocycles. The van der Waals surface area contributed by atoms with Crippen LogP contribution in [0.15, 0.2) is 24.3 Å². The van der Waals surface area contributed by atoms with E-state index in [0.29, 0.717) is 37.0 Å². The molecule has 1 unspecified atom stereocenters. The number of nitrogens with zero attached hydrogens (tertiary/aromatic N) is 2. The number of ether oxygens (including phenoxy) is 1. The standard InChI is InChI=1S/C14H19ClN2O4S/c1-11(21-13-5-3-4-12(15)10-13)14(18)16-6-8-17(9-7-16)22(2,19)20/h3-5,10-11H,6-9H2,1-2H3. The summed E-state index contributed by atoms with van der Waals surface area (Å²) >= 11 is 5.88. The molecule has 0 saturated carbocycles. The van der Waals surface area contributed by atoms with E-state index in [1.54, 1.807) is 36.1 Å². The number of hydrogen-bond donors (Lipinski definition) is 0. The first-order chi connectivity index (χ1) is 10.3. The van der Waals surface area contributed by atoms with Crippen molar-refractivity contribution in [2.24, 2.45) is 0 Å². The second-order valence-corrected chi connectivity index (χ2v) is 7.62. The number of hydrogen-bond acceptors (Lipinski definition) is 4. The number of piperazine rings is 1. The zero-order valence-electron chi connectivity index (χ0n) is 12.5. The van der Waals surface area contributed by atoms with Crippen molar-refractivity contribution in [3.8, 4) is 5.75 Å². The van der Waals surface area contributed by atoms with Gasteiger partial charge >= 0.3 is 0 Å². The maximum absolute atomic E-state index is 12.3. The van der Waals surface area contributed by atoms with E-state index < -0.39 is 16.1 Å². The molecule has 6 nitrogen and oxygen atoms in total. The van der Waals surface area contributed by atoms with Gasteiger partial charge in [-0.15, -0.1) is 0 Å². The van der Waals surface area contributed by atoms with Crippen molar-refractivity contribution in [3.05, 3.63) is 29.3 Å². The van der Waals surface area contributed by atoms with Gasteiger partial charge in [-0.2, -0.15) is 4.31 Å². The summed E-state index contributed by atoms with van der Waals surface area (Å²) in [6.07, 6.45) is 0.526. The van der Waals surface area contributed by atoms with Crippen molar-refractivity contribution in [1.82, 2.24) is 9.21 Å². The summed E-state index contributed by atoms with van der Waals surface area (Å²) in [6, 6.07) is 6.86. The van der Waals surface area contributed by atoms with Crippen molar-refractivity contribution >= 4 is 27.5 Å². The Labute approximate surface area is 135 Å². The van der Waals surface area contributed by atoms with Gasteiger partial charge in [-0.25, -0.2) is 8.42 Å². The SMILES string of the molecule is CC(Oc1cccc(Cl)c1)C(=O)N1CCN(S(C)(=O)=O)CC1. The summed E-state index contributed by atoms with van der Waals surface area (Å²) < 4.78 is 29.9. The minimum atomic E-state index is -3.20. The van der Waals surface area contributed by atoms with Gasteiger partial charge < -0.3 is 9.64 Å². The second kappa shape index (κ2) is 6.85. The highest BCUT2D eigenvalue weighted by molar-refractivity contribution is 7.88. The molecule has 1 fully saturated rings. The van der Waals surface area contributed by atoms with E-state index in [-0.39, 0.29) is 5.91 Å². The van der Waals surface area contributed by atoms with Crippen molar-refractivity contribution in [3.63, 3.8) is 0 Å². The van der Waals surface area contributed by atoms with Gasteiger partial charge in [0.2, 0.25) is 10.0 Å². The molecule has 0 aromatic heterocycles. The molecule has 22 heavy (non-hydrogen) atoms. The van der Waals surface area contributed by atoms with E-state index in [9.17, 15) is 13.2 Å². The summed E-state index contributed by atoms with van der Waals surface area (Å²) in [7, 11) is -3.20. The first-order valence-electron chi connectivity index (χ1n) is 6.93. The van der Waals surface area contributed by atoms with Gasteiger partial charge in [-0.05, 0) is 25.1 Å². The number of benzene rings is 1. The molecular formula is C14H19ClN2O4S. The molecule has 1 aromatic carbocycles. The minimum absolute atomic E-state index is 0.159. The largest absolute Gasteiger partial charge is 0.481 e. The van der Waals surface area contributed by atoms with Gasteiger partial charge in [-0.3, -0.25) is 4.79 Å². The highest BCUT2D eigenvalue weighted by Gasteiger charge is 2.29. The number of halogens is 1. The highest BCUT2D eigenvalue weighted by atomic mass is 35.5. The van der Waals surface area contributed by atoms with Crippen molar-refractivity contribution in [2.75, 3.05) is 32.4 Å². The van der Waals surface area contributed by atoms with Gasteiger partial charge in [0.25, 0.3) is 5.91 Å². The lowest BCUT2D eigenvalue weighted by Gasteiger charge is -2.34. The molecule has 0 spiro atoms. The van der Waals surface area contributed by atoms with E-state index in [1.165, 1.54) is 10.6 Å². The Morgan fingerprint density at radius 1 is 1.27 bits per heavy atom. The molecule has 0 aliphatic carbocycles. The summed E-state index contributed by atoms with van der Waals surface area (Å²) in [5, 5.41) is 0.541. The number of amides is 1. The Bertz CT molecular complexity index is 642. The second-order valence-electron chi connectivity index (χ2n) is 5.20. The molecule has 2 rings (SSSR count). The molecule has 1 saturated heterocycles. The first-order valence-corrected chi connectivity index (χ1v) is 9.16. The van der Waals surface area contributed by atoms with Crippen LogP contribution < -0.4 is 4.74 Å². The van der Waals surface area contributed by atoms with Gasteiger partial charge in [0.05, 0.1) is 6.26 Å². The van der Waals surface area contributed by atoms with Crippen LogP contribution in [0.4, 0.5) is 0 Å². The molecule has 8 heteroatoms. The minimum Gasteiger partial charge on any atom is -0.481 e.